The van der Waals surface area contributed by atoms with Gasteiger partial charge in [-0.05, 0) is 40.2 Å². The predicted octanol–water partition coefficient (Wildman–Crippen LogP) is 3.14. The van der Waals surface area contributed by atoms with Gasteiger partial charge in [0, 0.05) is 17.6 Å². The van der Waals surface area contributed by atoms with Gasteiger partial charge >= 0.3 is 11.9 Å². The quantitative estimate of drug-likeness (QED) is 0.434. The third-order valence-electron chi connectivity index (χ3n) is 5.44. The van der Waals surface area contributed by atoms with Crippen molar-refractivity contribution in [2.45, 2.75) is 75.6 Å². The Kier molecular flexibility index (Phi) is 7.03. The lowest BCUT2D eigenvalue weighted by Gasteiger charge is -2.43. The first-order chi connectivity index (χ1) is 14.9. The fourth-order valence-electron chi connectivity index (χ4n) is 4.11. The highest BCUT2D eigenvalue weighted by Gasteiger charge is 2.64. The Balaban J connectivity index is 1.55. The van der Waals surface area contributed by atoms with E-state index in [1.807, 2.05) is 44.2 Å². The SMILES string of the molecule is CC(C)(C)OC(=O)CCOC(=O)[C@@H]1N2C(=O)[C@@H](CC(=O)Cc3ccccc3)[C@H]2SC1(C)C. The number of hydrogen-bond donors (Lipinski definition) is 0. The summed E-state index contributed by atoms with van der Waals surface area (Å²) < 4.78 is 9.99. The molecule has 1 aromatic rings. The van der Waals surface area contributed by atoms with Crippen LogP contribution in [0.25, 0.3) is 0 Å². The van der Waals surface area contributed by atoms with Gasteiger partial charge in [0.05, 0.1) is 17.7 Å². The van der Waals surface area contributed by atoms with Gasteiger partial charge in [0.2, 0.25) is 5.91 Å². The number of β-lactam (4-membered cyclic amide) rings is 1. The van der Waals surface area contributed by atoms with E-state index in [0.717, 1.165) is 5.56 Å². The molecule has 3 atom stereocenters. The molecule has 0 saturated carbocycles. The van der Waals surface area contributed by atoms with Gasteiger partial charge in [-0.3, -0.25) is 14.4 Å². The maximum absolute atomic E-state index is 12.9. The van der Waals surface area contributed by atoms with Gasteiger partial charge in [0.1, 0.15) is 24.0 Å². The molecule has 0 bridgehead atoms. The number of hydrogen-bond acceptors (Lipinski definition) is 7. The van der Waals surface area contributed by atoms with E-state index in [1.54, 1.807) is 25.7 Å². The van der Waals surface area contributed by atoms with Crippen molar-refractivity contribution in [1.29, 1.82) is 0 Å². The molecule has 174 valence electrons. The van der Waals surface area contributed by atoms with Crippen LogP contribution in [0.5, 0.6) is 0 Å². The number of amides is 1. The van der Waals surface area contributed by atoms with E-state index >= 15 is 0 Å². The summed E-state index contributed by atoms with van der Waals surface area (Å²) in [7, 11) is 0. The summed E-state index contributed by atoms with van der Waals surface area (Å²) in [5.74, 6) is -1.58. The first-order valence-corrected chi connectivity index (χ1v) is 11.7. The molecule has 7 nitrogen and oxygen atoms in total. The second-order valence-corrected chi connectivity index (χ2v) is 11.5. The smallest absolute Gasteiger partial charge is 0.330 e. The van der Waals surface area contributed by atoms with Crippen molar-refractivity contribution in [3.63, 3.8) is 0 Å². The lowest BCUT2D eigenvalue weighted by atomic mass is 9.87. The van der Waals surface area contributed by atoms with Crippen molar-refractivity contribution >= 4 is 35.4 Å². The molecule has 1 amide bonds. The standard InChI is InChI=1S/C24H31NO6S/c1-23(2,3)31-18(27)11-12-30-22(29)19-24(4,5)32-21-17(20(28)25(19)21)14-16(26)13-15-9-7-6-8-10-15/h6-10,17,19,21H,11-14H2,1-5H3/t17-,19+,21-/m1/s1. The van der Waals surface area contributed by atoms with Gasteiger partial charge < -0.3 is 14.4 Å². The Labute approximate surface area is 193 Å². The molecule has 2 heterocycles. The Morgan fingerprint density at radius 3 is 2.41 bits per heavy atom. The van der Waals surface area contributed by atoms with Crippen LogP contribution in [0.15, 0.2) is 30.3 Å². The van der Waals surface area contributed by atoms with Crippen LogP contribution in [0.1, 0.15) is 53.0 Å². The van der Waals surface area contributed by atoms with E-state index < -0.39 is 34.2 Å². The number of carbonyl (C=O) groups is 4. The van der Waals surface area contributed by atoms with Gasteiger partial charge in [-0.25, -0.2) is 4.79 Å². The fourth-order valence-corrected chi connectivity index (χ4v) is 5.78. The van der Waals surface area contributed by atoms with Crippen molar-refractivity contribution < 1.29 is 28.7 Å². The van der Waals surface area contributed by atoms with Crippen LogP contribution in [0.3, 0.4) is 0 Å². The highest BCUT2D eigenvalue weighted by Crippen LogP contribution is 2.54. The number of fused-ring (bicyclic) bond motifs is 1. The maximum Gasteiger partial charge on any atom is 0.330 e. The van der Waals surface area contributed by atoms with Crippen molar-refractivity contribution in [1.82, 2.24) is 4.90 Å². The maximum atomic E-state index is 12.9. The van der Waals surface area contributed by atoms with E-state index in [0.29, 0.717) is 6.42 Å². The summed E-state index contributed by atoms with van der Waals surface area (Å²) in [5.41, 5.74) is 0.321. The molecule has 0 unspecified atom stereocenters. The summed E-state index contributed by atoms with van der Waals surface area (Å²) in [6.45, 7) is 9.00. The molecule has 0 aromatic heterocycles. The zero-order chi connectivity index (χ0) is 23.7. The number of ether oxygens (including phenoxy) is 2. The Bertz CT molecular complexity index is 892. The zero-order valence-electron chi connectivity index (χ0n) is 19.3. The van der Waals surface area contributed by atoms with Gasteiger partial charge in [-0.2, -0.15) is 0 Å². The minimum Gasteiger partial charge on any atom is -0.464 e. The van der Waals surface area contributed by atoms with Gasteiger partial charge in [-0.15, -0.1) is 11.8 Å². The highest BCUT2D eigenvalue weighted by molar-refractivity contribution is 8.01. The van der Waals surface area contributed by atoms with Crippen LogP contribution < -0.4 is 0 Å². The molecule has 0 aliphatic carbocycles. The van der Waals surface area contributed by atoms with Crippen LogP contribution in [0, 0.1) is 5.92 Å². The average Bonchev–Trinajstić information content (AvgIpc) is 2.93. The minimum absolute atomic E-state index is 0.0102. The molecule has 0 spiro atoms. The van der Waals surface area contributed by atoms with Crippen LogP contribution in [0.4, 0.5) is 0 Å². The van der Waals surface area contributed by atoms with Crippen molar-refractivity contribution in [2.24, 2.45) is 5.92 Å². The summed E-state index contributed by atoms with van der Waals surface area (Å²) in [6.07, 6.45) is 0.414. The molecule has 2 aliphatic rings. The van der Waals surface area contributed by atoms with E-state index in [-0.39, 0.29) is 36.5 Å². The lowest BCUT2D eigenvalue weighted by Crippen LogP contribution is -2.63. The van der Waals surface area contributed by atoms with Crippen LogP contribution >= 0.6 is 11.8 Å². The number of ketones is 1. The largest absolute Gasteiger partial charge is 0.464 e. The first kappa shape index (κ1) is 24.3. The lowest BCUT2D eigenvalue weighted by molar-refractivity contribution is -0.168. The topological polar surface area (TPSA) is 90.0 Å². The molecule has 3 rings (SSSR count). The summed E-state index contributed by atoms with van der Waals surface area (Å²) >= 11 is 1.52. The number of nitrogens with zero attached hydrogens (tertiary/aromatic N) is 1. The number of Topliss-reactive ketones (excluding diaryl/α,β-unsaturated/α-hetero) is 1. The van der Waals surface area contributed by atoms with E-state index in [4.69, 9.17) is 9.47 Å². The minimum atomic E-state index is -0.746. The van der Waals surface area contributed by atoms with Gasteiger partial charge in [0.25, 0.3) is 0 Å². The van der Waals surface area contributed by atoms with Crippen molar-refractivity contribution in [3.05, 3.63) is 35.9 Å². The highest BCUT2D eigenvalue weighted by atomic mass is 32.2. The number of benzene rings is 1. The molecule has 32 heavy (non-hydrogen) atoms. The fraction of sp³-hybridized carbons (Fsp3) is 0.583. The van der Waals surface area contributed by atoms with Crippen molar-refractivity contribution in [3.8, 4) is 0 Å². The first-order valence-electron chi connectivity index (χ1n) is 10.8. The third kappa shape index (κ3) is 5.52. The van der Waals surface area contributed by atoms with Crippen LogP contribution in [-0.4, -0.2) is 56.9 Å². The molecule has 2 fully saturated rings. The predicted molar refractivity (Wildman–Crippen MR) is 121 cm³/mol. The molecule has 0 radical (unpaired) electrons. The van der Waals surface area contributed by atoms with Gasteiger partial charge in [0.15, 0.2) is 0 Å². The zero-order valence-corrected chi connectivity index (χ0v) is 20.1. The van der Waals surface area contributed by atoms with E-state index in [9.17, 15) is 19.2 Å². The van der Waals surface area contributed by atoms with Gasteiger partial charge in [-0.1, -0.05) is 30.3 Å². The Morgan fingerprint density at radius 1 is 1.12 bits per heavy atom. The molecule has 1 aromatic carbocycles. The third-order valence-corrected chi connectivity index (χ3v) is 7.06. The molecule has 0 N–H and O–H groups in total. The second-order valence-electron chi connectivity index (χ2n) is 9.78. The molecule has 8 heteroatoms. The number of rotatable bonds is 8. The summed E-state index contributed by atoms with van der Waals surface area (Å²) in [4.78, 5) is 51.5. The molecule has 2 aliphatic heterocycles. The Morgan fingerprint density at radius 2 is 1.78 bits per heavy atom. The average molecular weight is 462 g/mol. The van der Waals surface area contributed by atoms with Crippen molar-refractivity contribution in [2.75, 3.05) is 6.61 Å². The van der Waals surface area contributed by atoms with Crippen LogP contribution in [-0.2, 0) is 35.1 Å². The molecule has 2 saturated heterocycles. The number of esters is 2. The van der Waals surface area contributed by atoms with Crippen LogP contribution in [0.2, 0.25) is 0 Å². The summed E-state index contributed by atoms with van der Waals surface area (Å²) in [6, 6.07) is 8.70. The Hall–Kier alpha value is -2.35. The van der Waals surface area contributed by atoms with E-state index in [2.05, 4.69) is 0 Å². The van der Waals surface area contributed by atoms with E-state index in [1.165, 1.54) is 11.8 Å². The second kappa shape index (κ2) is 9.25. The number of thioether (sulfide) groups is 1. The normalized spacial score (nSPS) is 23.8. The molecular weight excluding hydrogens is 430 g/mol. The monoisotopic (exact) mass is 461 g/mol. The number of carbonyl (C=O) groups excluding carboxylic acids is 4. The summed E-state index contributed by atoms with van der Waals surface area (Å²) in [5, 5.41) is -0.222. The molecular formula is C24H31NO6S.